The van der Waals surface area contributed by atoms with Crippen LogP contribution in [0.3, 0.4) is 0 Å². The van der Waals surface area contributed by atoms with E-state index in [-0.39, 0.29) is 43.8 Å². The van der Waals surface area contributed by atoms with Gasteiger partial charge in [0, 0.05) is 44.0 Å². The summed E-state index contributed by atoms with van der Waals surface area (Å²) < 4.78 is 123. The number of hydrogen-bond acceptors (Lipinski definition) is 9. The van der Waals surface area contributed by atoms with Gasteiger partial charge in [-0.15, -0.1) is 22.2 Å². The van der Waals surface area contributed by atoms with Crippen molar-refractivity contribution in [2.45, 2.75) is 101 Å². The molecule has 0 aliphatic heterocycles. The van der Waals surface area contributed by atoms with Crippen molar-refractivity contribution in [3.05, 3.63) is 76.9 Å². The molecular formula is C32H43ClF8N11O2S+. The largest absolute Gasteiger partial charge is 0.428 e. The molecule has 2 N–H and O–H groups in total. The Hall–Kier alpha value is -3.73. The Balaban J connectivity index is 0.000000284. The molecule has 4 heterocycles. The lowest BCUT2D eigenvalue weighted by Gasteiger charge is -2.32. The average Bonchev–Trinajstić information content (AvgIpc) is 3.99. The van der Waals surface area contributed by atoms with Crippen LogP contribution in [0.4, 0.5) is 35.1 Å². The van der Waals surface area contributed by atoms with Gasteiger partial charge in [0.25, 0.3) is 0 Å². The number of aryl methyl sites for hydroxylation is 2. The van der Waals surface area contributed by atoms with Crippen molar-refractivity contribution in [3.63, 3.8) is 0 Å². The minimum Gasteiger partial charge on any atom is -0.400 e. The van der Waals surface area contributed by atoms with E-state index in [1.165, 1.54) is 39.7 Å². The predicted molar refractivity (Wildman–Crippen MR) is 185 cm³/mol. The molecule has 2 fully saturated rings. The summed E-state index contributed by atoms with van der Waals surface area (Å²) in [6, 6.07) is 4.54. The number of nitrogens with one attached hydrogen (secondary N) is 1. The van der Waals surface area contributed by atoms with Crippen LogP contribution >= 0.6 is 12.4 Å². The van der Waals surface area contributed by atoms with Gasteiger partial charge in [0.05, 0.1) is 17.0 Å². The first kappa shape index (κ1) is 45.7. The predicted octanol–water partition coefficient (Wildman–Crippen LogP) is 4.91. The summed E-state index contributed by atoms with van der Waals surface area (Å²) in [6.45, 7) is 8.55. The molecule has 2 saturated carbocycles. The molecular weight excluding hydrogens is 790 g/mol. The Labute approximate surface area is 320 Å². The van der Waals surface area contributed by atoms with Crippen LogP contribution in [0.5, 0.6) is 0 Å². The summed E-state index contributed by atoms with van der Waals surface area (Å²) in [5.41, 5.74) is -1.96. The van der Waals surface area contributed by atoms with Gasteiger partial charge < -0.3 is 5.11 Å². The smallest absolute Gasteiger partial charge is 0.400 e. The topological polar surface area (TPSA) is 144 Å². The molecule has 3 atom stereocenters. The second-order valence-electron chi connectivity index (χ2n) is 13.8. The van der Waals surface area contributed by atoms with Crippen LogP contribution in [0.1, 0.15) is 86.9 Å². The van der Waals surface area contributed by atoms with Gasteiger partial charge in [-0.3, -0.25) is 5.32 Å². The van der Waals surface area contributed by atoms with Gasteiger partial charge in [-0.1, -0.05) is 16.0 Å². The number of rotatable bonds is 9. The van der Waals surface area contributed by atoms with Gasteiger partial charge in [0.1, 0.15) is 21.9 Å². The first-order valence-electron chi connectivity index (χ1n) is 16.5. The minimum absolute atomic E-state index is 0. The number of tetrazole rings is 1. The van der Waals surface area contributed by atoms with Crippen molar-refractivity contribution in [2.75, 3.05) is 21.2 Å². The Kier molecular flexibility index (Phi) is 13.9. The lowest BCUT2D eigenvalue weighted by atomic mass is 10.0. The van der Waals surface area contributed by atoms with E-state index in [0.717, 1.165) is 22.5 Å². The van der Waals surface area contributed by atoms with E-state index in [9.17, 15) is 39.3 Å². The van der Waals surface area contributed by atoms with Crippen molar-refractivity contribution >= 4 is 23.4 Å². The number of aliphatic hydroxyl groups is 1. The summed E-state index contributed by atoms with van der Waals surface area (Å²) >= 11 is 0. The highest BCUT2D eigenvalue weighted by Gasteiger charge is 2.70. The fourth-order valence-electron chi connectivity index (χ4n) is 5.85. The summed E-state index contributed by atoms with van der Waals surface area (Å²) in [6.07, 6.45) is -7.12. The quantitative estimate of drug-likeness (QED) is 0.137. The molecule has 4 aromatic rings. The molecule has 0 bridgehead atoms. The highest BCUT2D eigenvalue weighted by molar-refractivity contribution is 7.84. The minimum atomic E-state index is -4.44. The maximum Gasteiger partial charge on any atom is 0.428 e. The first-order chi connectivity index (χ1) is 25.1. The van der Waals surface area contributed by atoms with Crippen LogP contribution in [0.25, 0.3) is 0 Å². The SMILES string of the molecule is CN[C@@H](c1ccc(F)nc1C)[n+]1cn(C2(C(F)(F)F)CC2)nn1.CO.Cc1nc(F)ccc1[C@@H](c1cn(C2(C(F)(F)F)CC2)nn1)N(C)[S@@](=O)C(C)(C)C.Cl. The Bertz CT molecular complexity index is 1940. The van der Waals surface area contributed by atoms with Gasteiger partial charge in [0.2, 0.25) is 23.8 Å². The van der Waals surface area contributed by atoms with Gasteiger partial charge in [-0.2, -0.15) is 35.1 Å². The number of aliphatic hydroxyl groups excluding tert-OH is 1. The lowest BCUT2D eigenvalue weighted by Crippen LogP contribution is -2.49. The first-order valence-corrected chi connectivity index (χ1v) is 17.6. The zero-order valence-corrected chi connectivity index (χ0v) is 32.7. The maximum atomic E-state index is 13.5. The summed E-state index contributed by atoms with van der Waals surface area (Å²) in [4.78, 5) is 7.52. The van der Waals surface area contributed by atoms with E-state index in [2.05, 4.69) is 36.0 Å². The molecule has 0 unspecified atom stereocenters. The van der Waals surface area contributed by atoms with Crippen LogP contribution in [0, 0.1) is 25.7 Å². The molecule has 306 valence electrons. The summed E-state index contributed by atoms with van der Waals surface area (Å²) in [5, 5.41) is 25.1. The third-order valence-corrected chi connectivity index (χ3v) is 10.9. The molecule has 13 nitrogen and oxygen atoms in total. The van der Waals surface area contributed by atoms with Gasteiger partial charge >= 0.3 is 12.4 Å². The molecule has 0 spiro atoms. The monoisotopic (exact) mass is 832 g/mol. The van der Waals surface area contributed by atoms with Gasteiger partial charge in [-0.25, -0.2) is 23.2 Å². The van der Waals surface area contributed by atoms with Crippen molar-refractivity contribution in [1.29, 1.82) is 0 Å². The number of pyridine rings is 2. The van der Waals surface area contributed by atoms with E-state index >= 15 is 0 Å². The molecule has 2 aliphatic carbocycles. The second-order valence-corrected chi connectivity index (χ2v) is 16.1. The van der Waals surface area contributed by atoms with E-state index in [4.69, 9.17) is 5.11 Å². The third-order valence-electron chi connectivity index (χ3n) is 9.10. The van der Waals surface area contributed by atoms with Crippen LogP contribution in [0.2, 0.25) is 0 Å². The van der Waals surface area contributed by atoms with Crippen LogP contribution in [-0.2, 0) is 22.1 Å². The standard InChI is InChI=1S/C18H23F4N5OS.C13H15F4N6.CH4O.ClH/c1-11-12(6-7-14(19)23-11)15(26(5)29(28)16(2,3)4)13-10-27(25-24-13)17(8-9-17)18(20,21)22;1-8-9(3-4-10(14)19-8)11(18-2)22-7-23(21-20-22)12(5-6-12)13(15,16)17;1-2;/h6-7,10,15H,8-9H2,1-5H3;3-4,7,11,18H,5-6H2,1-2H3;2H,1H3;1H/q;+1;;/t15-,29-;11-;;/m01../s1. The Morgan fingerprint density at radius 3 is 1.75 bits per heavy atom. The maximum absolute atomic E-state index is 13.5. The molecule has 0 aromatic carbocycles. The number of aromatic nitrogens is 9. The molecule has 6 rings (SSSR count). The Morgan fingerprint density at radius 2 is 1.33 bits per heavy atom. The van der Waals surface area contributed by atoms with Gasteiger partial charge in [0.15, 0.2) is 16.9 Å². The summed E-state index contributed by atoms with van der Waals surface area (Å²) in [5.74, 6) is -1.30. The van der Waals surface area contributed by atoms with Crippen molar-refractivity contribution < 1.29 is 49.1 Å². The van der Waals surface area contributed by atoms with Crippen molar-refractivity contribution in [2.24, 2.45) is 0 Å². The lowest BCUT2D eigenvalue weighted by molar-refractivity contribution is -0.774. The van der Waals surface area contributed by atoms with Crippen molar-refractivity contribution in [3.8, 4) is 0 Å². The van der Waals surface area contributed by atoms with E-state index in [0.29, 0.717) is 22.5 Å². The normalized spacial score (nSPS) is 17.5. The van der Waals surface area contributed by atoms with Crippen molar-refractivity contribution in [1.82, 2.24) is 49.7 Å². The number of halogens is 9. The number of hydrogen-bond donors (Lipinski definition) is 2. The van der Waals surface area contributed by atoms with Gasteiger partial charge in [-0.05, 0) is 78.3 Å². The average molecular weight is 833 g/mol. The van der Waals surface area contributed by atoms with Crippen LogP contribution in [-0.4, -0.2) is 92.0 Å². The highest BCUT2D eigenvalue weighted by atomic mass is 35.5. The van der Waals surface area contributed by atoms with Crippen LogP contribution in [0.15, 0.2) is 36.8 Å². The number of nitrogens with zero attached hydrogens (tertiary/aromatic N) is 10. The van der Waals surface area contributed by atoms with E-state index in [1.54, 1.807) is 48.7 Å². The highest BCUT2D eigenvalue weighted by Crippen LogP contribution is 2.55. The van der Waals surface area contributed by atoms with E-state index in [1.807, 2.05) is 0 Å². The second kappa shape index (κ2) is 16.8. The molecule has 0 amide bonds. The zero-order chi connectivity index (χ0) is 40.6. The van der Waals surface area contributed by atoms with Crippen LogP contribution < -0.4 is 10.00 Å². The third kappa shape index (κ3) is 9.29. The molecule has 2 aliphatic rings. The molecule has 23 heteroatoms. The Morgan fingerprint density at radius 1 is 0.855 bits per heavy atom. The fraction of sp³-hybridized carbons (Fsp3) is 0.594. The fourth-order valence-corrected chi connectivity index (χ4v) is 7.13. The summed E-state index contributed by atoms with van der Waals surface area (Å²) in [7, 11) is 2.68. The molecule has 0 saturated heterocycles. The molecule has 4 aromatic heterocycles. The van der Waals surface area contributed by atoms with E-state index < -0.39 is 63.3 Å². The zero-order valence-electron chi connectivity index (χ0n) is 31.1. The molecule has 55 heavy (non-hydrogen) atoms. The number of alkyl halides is 6. The molecule has 0 radical (unpaired) electrons.